The average molecular weight is 381 g/mol. The number of piperazine rings is 1. The Balaban J connectivity index is 1.40. The summed E-state index contributed by atoms with van der Waals surface area (Å²) in [5.74, 6) is 1.84. The summed E-state index contributed by atoms with van der Waals surface area (Å²) in [7, 11) is 0. The van der Waals surface area contributed by atoms with Crippen LogP contribution in [0.1, 0.15) is 22.9 Å². The molecule has 0 radical (unpaired) electrons. The van der Waals surface area contributed by atoms with E-state index in [2.05, 4.69) is 15.2 Å². The SMILES string of the molecule is Cc1nnc(N2CCN(C(=O)Cc3nc(-c4ccccc4C)oc3C)CC2)o1. The van der Waals surface area contributed by atoms with Crippen molar-refractivity contribution in [1.29, 1.82) is 0 Å². The second-order valence-electron chi connectivity index (χ2n) is 6.99. The fraction of sp³-hybridized carbons (Fsp3) is 0.400. The molecule has 0 N–H and O–H groups in total. The zero-order chi connectivity index (χ0) is 19.7. The van der Waals surface area contributed by atoms with E-state index in [1.54, 1.807) is 6.92 Å². The largest absolute Gasteiger partial charge is 0.441 e. The molecule has 4 rings (SSSR count). The van der Waals surface area contributed by atoms with Crippen LogP contribution in [0.3, 0.4) is 0 Å². The predicted octanol–water partition coefficient (Wildman–Crippen LogP) is 2.54. The molecule has 1 fully saturated rings. The number of oxazole rings is 1. The second kappa shape index (κ2) is 7.46. The van der Waals surface area contributed by atoms with Crippen molar-refractivity contribution in [2.45, 2.75) is 27.2 Å². The highest BCUT2D eigenvalue weighted by Crippen LogP contribution is 2.25. The van der Waals surface area contributed by atoms with Crippen LogP contribution < -0.4 is 4.90 Å². The van der Waals surface area contributed by atoms with Gasteiger partial charge in [0.2, 0.25) is 17.7 Å². The Morgan fingerprint density at radius 3 is 2.46 bits per heavy atom. The van der Waals surface area contributed by atoms with Gasteiger partial charge >= 0.3 is 6.01 Å². The standard InChI is InChI=1S/C20H23N5O3/c1-13-6-4-5-7-16(13)19-21-17(14(2)27-19)12-18(26)24-8-10-25(11-9-24)20-23-22-15(3)28-20/h4-7H,8-12H2,1-3H3. The van der Waals surface area contributed by atoms with Gasteiger partial charge in [0.05, 0.1) is 12.1 Å². The number of carbonyl (C=O) groups is 1. The topological polar surface area (TPSA) is 88.5 Å². The number of carbonyl (C=O) groups excluding carboxylic acids is 1. The Morgan fingerprint density at radius 2 is 1.79 bits per heavy atom. The first-order chi connectivity index (χ1) is 13.5. The maximum atomic E-state index is 12.8. The molecule has 1 aliphatic rings. The quantitative estimate of drug-likeness (QED) is 0.686. The van der Waals surface area contributed by atoms with Gasteiger partial charge in [0.1, 0.15) is 5.76 Å². The van der Waals surface area contributed by atoms with Gasteiger partial charge in [0.25, 0.3) is 0 Å². The fourth-order valence-corrected chi connectivity index (χ4v) is 3.34. The van der Waals surface area contributed by atoms with Crippen LogP contribution in [0.4, 0.5) is 6.01 Å². The maximum absolute atomic E-state index is 12.8. The van der Waals surface area contributed by atoms with Crippen LogP contribution in [0, 0.1) is 20.8 Å². The van der Waals surface area contributed by atoms with Crippen LogP contribution >= 0.6 is 0 Å². The molecule has 0 spiro atoms. The van der Waals surface area contributed by atoms with Crippen LogP contribution in [-0.4, -0.2) is 52.2 Å². The minimum Gasteiger partial charge on any atom is -0.441 e. The van der Waals surface area contributed by atoms with Crippen molar-refractivity contribution >= 4 is 11.9 Å². The highest BCUT2D eigenvalue weighted by molar-refractivity contribution is 5.79. The van der Waals surface area contributed by atoms with E-state index in [-0.39, 0.29) is 12.3 Å². The van der Waals surface area contributed by atoms with E-state index >= 15 is 0 Å². The zero-order valence-electron chi connectivity index (χ0n) is 16.3. The molecule has 3 aromatic rings. The zero-order valence-corrected chi connectivity index (χ0v) is 16.3. The number of hydrogen-bond donors (Lipinski definition) is 0. The fourth-order valence-electron chi connectivity index (χ4n) is 3.34. The van der Waals surface area contributed by atoms with Crippen molar-refractivity contribution in [3.8, 4) is 11.5 Å². The lowest BCUT2D eigenvalue weighted by Crippen LogP contribution is -2.49. The van der Waals surface area contributed by atoms with E-state index < -0.39 is 0 Å². The van der Waals surface area contributed by atoms with Crippen molar-refractivity contribution in [3.63, 3.8) is 0 Å². The molecule has 3 heterocycles. The molecule has 0 aliphatic carbocycles. The lowest BCUT2D eigenvalue weighted by atomic mass is 10.1. The number of rotatable bonds is 4. The van der Waals surface area contributed by atoms with Crippen molar-refractivity contribution in [3.05, 3.63) is 47.2 Å². The van der Waals surface area contributed by atoms with Crippen LogP contribution in [0.15, 0.2) is 33.1 Å². The number of aromatic nitrogens is 3. The first kappa shape index (κ1) is 18.2. The monoisotopic (exact) mass is 381 g/mol. The van der Waals surface area contributed by atoms with Crippen LogP contribution in [0.5, 0.6) is 0 Å². The minimum absolute atomic E-state index is 0.0501. The normalized spacial score (nSPS) is 14.5. The number of nitrogens with zero attached hydrogens (tertiary/aromatic N) is 5. The third-order valence-electron chi connectivity index (χ3n) is 5.01. The lowest BCUT2D eigenvalue weighted by Gasteiger charge is -2.33. The average Bonchev–Trinajstić information content (AvgIpc) is 3.28. The van der Waals surface area contributed by atoms with E-state index in [1.165, 1.54) is 0 Å². The number of hydrogen-bond acceptors (Lipinski definition) is 7. The summed E-state index contributed by atoms with van der Waals surface area (Å²) in [6.45, 7) is 8.20. The second-order valence-corrected chi connectivity index (χ2v) is 6.99. The van der Waals surface area contributed by atoms with E-state index in [9.17, 15) is 4.79 Å². The van der Waals surface area contributed by atoms with Gasteiger partial charge in [-0.2, -0.15) is 0 Å². The molecule has 28 heavy (non-hydrogen) atoms. The van der Waals surface area contributed by atoms with E-state index in [0.717, 1.165) is 11.1 Å². The third kappa shape index (κ3) is 3.62. The molecule has 1 aliphatic heterocycles. The molecule has 8 heteroatoms. The molecular formula is C20H23N5O3. The molecule has 0 bridgehead atoms. The lowest BCUT2D eigenvalue weighted by molar-refractivity contribution is -0.130. The highest BCUT2D eigenvalue weighted by atomic mass is 16.4. The van der Waals surface area contributed by atoms with Crippen LogP contribution in [0.2, 0.25) is 0 Å². The molecule has 0 unspecified atom stereocenters. The molecule has 1 saturated heterocycles. The molecule has 0 saturated carbocycles. The molecule has 146 valence electrons. The summed E-state index contributed by atoms with van der Waals surface area (Å²) in [6.07, 6.45) is 0.237. The van der Waals surface area contributed by atoms with Crippen LogP contribution in [0.25, 0.3) is 11.5 Å². The molecular weight excluding hydrogens is 358 g/mol. The summed E-state index contributed by atoms with van der Waals surface area (Å²) in [5, 5.41) is 7.90. The number of benzene rings is 1. The summed E-state index contributed by atoms with van der Waals surface area (Å²) >= 11 is 0. The number of aryl methyl sites for hydroxylation is 3. The first-order valence-corrected chi connectivity index (χ1v) is 9.36. The molecule has 8 nitrogen and oxygen atoms in total. The first-order valence-electron chi connectivity index (χ1n) is 9.36. The van der Waals surface area contributed by atoms with E-state index in [4.69, 9.17) is 8.83 Å². The predicted molar refractivity (Wildman–Crippen MR) is 103 cm³/mol. The van der Waals surface area contributed by atoms with Gasteiger partial charge in [0, 0.05) is 38.7 Å². The minimum atomic E-state index is 0.0501. The van der Waals surface area contributed by atoms with Crippen LogP contribution in [-0.2, 0) is 11.2 Å². The van der Waals surface area contributed by atoms with Crippen molar-refractivity contribution in [1.82, 2.24) is 20.1 Å². The molecule has 1 aromatic carbocycles. The van der Waals surface area contributed by atoms with Gasteiger partial charge in [-0.1, -0.05) is 23.3 Å². The van der Waals surface area contributed by atoms with Crippen molar-refractivity contribution in [2.24, 2.45) is 0 Å². The molecule has 0 atom stereocenters. The summed E-state index contributed by atoms with van der Waals surface area (Å²) in [6, 6.07) is 8.44. The van der Waals surface area contributed by atoms with Gasteiger partial charge < -0.3 is 18.6 Å². The number of anilines is 1. The highest BCUT2D eigenvalue weighted by Gasteiger charge is 2.25. The van der Waals surface area contributed by atoms with Crippen molar-refractivity contribution < 1.29 is 13.6 Å². The Kier molecular flexibility index (Phi) is 4.85. The molecule has 1 amide bonds. The third-order valence-corrected chi connectivity index (χ3v) is 5.01. The Morgan fingerprint density at radius 1 is 1.04 bits per heavy atom. The van der Waals surface area contributed by atoms with Gasteiger partial charge in [-0.05, 0) is 25.5 Å². The Hall–Kier alpha value is -3.16. The van der Waals surface area contributed by atoms with Gasteiger partial charge in [-0.25, -0.2) is 4.98 Å². The summed E-state index contributed by atoms with van der Waals surface area (Å²) in [4.78, 5) is 21.2. The maximum Gasteiger partial charge on any atom is 0.318 e. The van der Waals surface area contributed by atoms with Gasteiger partial charge in [-0.3, -0.25) is 4.79 Å². The smallest absolute Gasteiger partial charge is 0.318 e. The summed E-state index contributed by atoms with van der Waals surface area (Å²) < 4.78 is 11.3. The summed E-state index contributed by atoms with van der Waals surface area (Å²) in [5.41, 5.74) is 2.74. The number of amides is 1. The van der Waals surface area contributed by atoms with Crippen molar-refractivity contribution in [2.75, 3.05) is 31.1 Å². The Bertz CT molecular complexity index is 985. The molecule has 2 aromatic heterocycles. The van der Waals surface area contributed by atoms with E-state index in [1.807, 2.05) is 47.9 Å². The van der Waals surface area contributed by atoms with Gasteiger partial charge in [-0.15, -0.1) is 5.10 Å². The van der Waals surface area contributed by atoms with E-state index in [0.29, 0.717) is 55.4 Å². The Labute approximate surface area is 163 Å². The van der Waals surface area contributed by atoms with Gasteiger partial charge in [0.15, 0.2) is 0 Å².